The van der Waals surface area contributed by atoms with Crippen molar-refractivity contribution in [2.75, 3.05) is 6.54 Å². The van der Waals surface area contributed by atoms with E-state index in [0.717, 1.165) is 6.42 Å². The average Bonchev–Trinajstić information content (AvgIpc) is 2.28. The summed E-state index contributed by atoms with van der Waals surface area (Å²) in [6.45, 7) is 7.88. The van der Waals surface area contributed by atoms with Crippen LogP contribution in [0.5, 0.6) is 0 Å². The highest BCUT2D eigenvalue weighted by Gasteiger charge is 2.34. The van der Waals surface area contributed by atoms with Crippen molar-refractivity contribution in [3.63, 3.8) is 0 Å². The Bertz CT molecular complexity index is 317. The second-order valence-electron chi connectivity index (χ2n) is 4.65. The SMILES string of the molecule is C=CC(C)NC(=O)N1CCC(C)CC1C(=O)O. The van der Waals surface area contributed by atoms with Gasteiger partial charge in [0.15, 0.2) is 0 Å². The molecule has 1 aliphatic heterocycles. The molecular weight excluding hydrogens is 220 g/mol. The number of urea groups is 1. The van der Waals surface area contributed by atoms with Crippen molar-refractivity contribution < 1.29 is 14.7 Å². The summed E-state index contributed by atoms with van der Waals surface area (Å²) in [5.41, 5.74) is 0. The zero-order valence-corrected chi connectivity index (χ0v) is 10.3. The monoisotopic (exact) mass is 240 g/mol. The number of hydrogen-bond donors (Lipinski definition) is 2. The first-order chi connectivity index (χ1) is 7.95. The molecule has 0 aliphatic carbocycles. The van der Waals surface area contributed by atoms with E-state index in [1.807, 2.05) is 6.92 Å². The average molecular weight is 240 g/mol. The maximum absolute atomic E-state index is 11.9. The number of nitrogens with one attached hydrogen (secondary N) is 1. The summed E-state index contributed by atoms with van der Waals surface area (Å²) < 4.78 is 0. The third kappa shape index (κ3) is 3.47. The van der Waals surface area contributed by atoms with E-state index in [4.69, 9.17) is 5.11 Å². The van der Waals surface area contributed by atoms with Crippen molar-refractivity contribution in [3.05, 3.63) is 12.7 Å². The molecule has 3 atom stereocenters. The lowest BCUT2D eigenvalue weighted by Gasteiger charge is -2.36. The van der Waals surface area contributed by atoms with E-state index in [2.05, 4.69) is 11.9 Å². The van der Waals surface area contributed by atoms with E-state index in [1.54, 1.807) is 13.0 Å². The van der Waals surface area contributed by atoms with Crippen molar-refractivity contribution in [1.29, 1.82) is 0 Å². The molecule has 0 bridgehead atoms. The van der Waals surface area contributed by atoms with Crippen molar-refractivity contribution in [1.82, 2.24) is 10.2 Å². The fourth-order valence-electron chi connectivity index (χ4n) is 1.96. The van der Waals surface area contributed by atoms with E-state index in [9.17, 15) is 9.59 Å². The highest BCUT2D eigenvalue weighted by atomic mass is 16.4. The second-order valence-corrected chi connectivity index (χ2v) is 4.65. The van der Waals surface area contributed by atoms with Crippen LogP contribution in [0.2, 0.25) is 0 Å². The molecule has 0 spiro atoms. The van der Waals surface area contributed by atoms with Crippen molar-refractivity contribution in [2.45, 2.75) is 38.8 Å². The molecule has 96 valence electrons. The van der Waals surface area contributed by atoms with Gasteiger partial charge in [-0.05, 0) is 25.7 Å². The van der Waals surface area contributed by atoms with E-state index >= 15 is 0 Å². The number of hydrogen-bond acceptors (Lipinski definition) is 2. The first kappa shape index (κ1) is 13.5. The van der Waals surface area contributed by atoms with Gasteiger partial charge in [-0.15, -0.1) is 6.58 Å². The molecule has 1 rings (SSSR count). The van der Waals surface area contributed by atoms with Crippen LogP contribution in [-0.2, 0) is 4.79 Å². The summed E-state index contributed by atoms with van der Waals surface area (Å²) in [5.74, 6) is -0.588. The lowest BCUT2D eigenvalue weighted by Crippen LogP contribution is -2.54. The number of carbonyl (C=O) groups is 2. The minimum Gasteiger partial charge on any atom is -0.480 e. The van der Waals surface area contributed by atoms with Gasteiger partial charge in [-0.3, -0.25) is 0 Å². The van der Waals surface area contributed by atoms with E-state index in [0.29, 0.717) is 18.9 Å². The van der Waals surface area contributed by atoms with Crippen LogP contribution in [0.25, 0.3) is 0 Å². The summed E-state index contributed by atoms with van der Waals surface area (Å²) in [5, 5.41) is 11.8. The number of aliphatic carboxylic acids is 1. The molecule has 0 saturated carbocycles. The van der Waals surface area contributed by atoms with Gasteiger partial charge in [0.1, 0.15) is 6.04 Å². The van der Waals surface area contributed by atoms with Gasteiger partial charge in [0.05, 0.1) is 0 Å². The van der Waals surface area contributed by atoms with E-state index in [-0.39, 0.29) is 12.1 Å². The molecule has 0 aromatic carbocycles. The van der Waals surface area contributed by atoms with Gasteiger partial charge >= 0.3 is 12.0 Å². The van der Waals surface area contributed by atoms with Gasteiger partial charge in [0, 0.05) is 12.6 Å². The zero-order chi connectivity index (χ0) is 13.0. The standard InChI is InChI=1S/C12H20N2O3/c1-4-9(3)13-12(17)14-6-5-8(2)7-10(14)11(15)16/h4,8-10H,1,5-7H2,2-3H3,(H,13,17)(H,15,16). The van der Waals surface area contributed by atoms with Crippen LogP contribution in [0.1, 0.15) is 26.7 Å². The van der Waals surface area contributed by atoms with Crippen LogP contribution < -0.4 is 5.32 Å². The number of carbonyl (C=O) groups excluding carboxylic acids is 1. The second kappa shape index (κ2) is 5.70. The maximum Gasteiger partial charge on any atom is 0.326 e. The Morgan fingerprint density at radius 1 is 1.59 bits per heavy atom. The minimum absolute atomic E-state index is 0.156. The molecule has 2 N–H and O–H groups in total. The van der Waals surface area contributed by atoms with Crippen LogP contribution in [0, 0.1) is 5.92 Å². The van der Waals surface area contributed by atoms with Crippen LogP contribution in [0.15, 0.2) is 12.7 Å². The predicted octanol–water partition coefficient (Wildman–Crippen LogP) is 1.46. The fraction of sp³-hybridized carbons (Fsp3) is 0.667. The number of piperidine rings is 1. The highest BCUT2D eigenvalue weighted by Crippen LogP contribution is 2.22. The Labute approximate surface area is 101 Å². The largest absolute Gasteiger partial charge is 0.480 e. The first-order valence-corrected chi connectivity index (χ1v) is 5.88. The Morgan fingerprint density at radius 2 is 2.24 bits per heavy atom. The molecule has 17 heavy (non-hydrogen) atoms. The molecule has 1 saturated heterocycles. The number of amides is 2. The minimum atomic E-state index is -0.932. The molecule has 1 heterocycles. The number of likely N-dealkylation sites (tertiary alicyclic amines) is 1. The highest BCUT2D eigenvalue weighted by molar-refractivity contribution is 5.83. The fourth-order valence-corrected chi connectivity index (χ4v) is 1.96. The Kier molecular flexibility index (Phi) is 4.54. The number of rotatable bonds is 3. The van der Waals surface area contributed by atoms with Crippen molar-refractivity contribution >= 4 is 12.0 Å². The maximum atomic E-state index is 11.9. The Balaban J connectivity index is 2.69. The molecular formula is C12H20N2O3. The smallest absolute Gasteiger partial charge is 0.326 e. The normalized spacial score (nSPS) is 26.1. The molecule has 0 radical (unpaired) electrons. The molecule has 0 aromatic heterocycles. The van der Waals surface area contributed by atoms with Crippen LogP contribution >= 0.6 is 0 Å². The molecule has 0 aromatic rings. The molecule has 1 aliphatic rings. The van der Waals surface area contributed by atoms with E-state index in [1.165, 1.54) is 4.90 Å². The summed E-state index contributed by atoms with van der Waals surface area (Å²) >= 11 is 0. The topological polar surface area (TPSA) is 69.6 Å². The Hall–Kier alpha value is -1.52. The van der Waals surface area contributed by atoms with Crippen molar-refractivity contribution in [3.8, 4) is 0 Å². The quantitative estimate of drug-likeness (QED) is 0.734. The van der Waals surface area contributed by atoms with Gasteiger partial charge in [-0.1, -0.05) is 13.0 Å². The van der Waals surface area contributed by atoms with Gasteiger partial charge in [-0.25, -0.2) is 9.59 Å². The summed E-state index contributed by atoms with van der Waals surface area (Å²) in [4.78, 5) is 24.4. The molecule has 1 fully saturated rings. The lowest BCUT2D eigenvalue weighted by atomic mass is 9.93. The van der Waals surface area contributed by atoms with Crippen molar-refractivity contribution in [2.24, 2.45) is 5.92 Å². The molecule has 5 heteroatoms. The number of carboxylic acids is 1. The number of nitrogens with zero attached hydrogens (tertiary/aromatic N) is 1. The van der Waals surface area contributed by atoms with Crippen LogP contribution in [0.4, 0.5) is 4.79 Å². The molecule has 5 nitrogen and oxygen atoms in total. The predicted molar refractivity (Wildman–Crippen MR) is 64.7 cm³/mol. The summed E-state index contributed by atoms with van der Waals surface area (Å²) in [7, 11) is 0. The summed E-state index contributed by atoms with van der Waals surface area (Å²) in [6.07, 6.45) is 2.98. The van der Waals surface area contributed by atoms with Crippen LogP contribution in [0.3, 0.4) is 0 Å². The van der Waals surface area contributed by atoms with Gasteiger partial charge in [0.2, 0.25) is 0 Å². The zero-order valence-electron chi connectivity index (χ0n) is 10.3. The van der Waals surface area contributed by atoms with Gasteiger partial charge in [0.25, 0.3) is 0 Å². The van der Waals surface area contributed by atoms with Gasteiger partial charge in [-0.2, -0.15) is 0 Å². The third-order valence-electron chi connectivity index (χ3n) is 3.12. The van der Waals surface area contributed by atoms with E-state index < -0.39 is 12.0 Å². The number of carboxylic acid groups (broad SMARTS) is 1. The van der Waals surface area contributed by atoms with Crippen LogP contribution in [-0.4, -0.2) is 40.6 Å². The Morgan fingerprint density at radius 3 is 2.76 bits per heavy atom. The molecule has 3 unspecified atom stereocenters. The lowest BCUT2D eigenvalue weighted by molar-refractivity contribution is -0.143. The molecule has 2 amide bonds. The van der Waals surface area contributed by atoms with Gasteiger partial charge < -0.3 is 15.3 Å². The summed E-state index contributed by atoms with van der Waals surface area (Å²) in [6, 6.07) is -1.19. The first-order valence-electron chi connectivity index (χ1n) is 5.88. The third-order valence-corrected chi connectivity index (χ3v) is 3.12.